The zero-order valence-electron chi connectivity index (χ0n) is 9.53. The Kier molecular flexibility index (Phi) is 5.47. The normalized spacial score (nSPS) is 23.1. The average Bonchev–Trinajstić information content (AvgIpc) is 2.68. The molecule has 0 spiro atoms. The first-order valence-electron chi connectivity index (χ1n) is 5.66. The molecular formula is C11H21NO2S. The molecule has 15 heavy (non-hydrogen) atoms. The first-order valence-corrected chi connectivity index (χ1v) is 6.71. The molecule has 0 bridgehead atoms. The van der Waals surface area contributed by atoms with Crippen molar-refractivity contribution in [2.75, 3.05) is 12.4 Å². The maximum Gasteiger partial charge on any atom is 0.233 e. The summed E-state index contributed by atoms with van der Waals surface area (Å²) in [6, 6.07) is -0.0706. The fraction of sp³-hybridized carbons (Fsp3) is 0.909. The third kappa shape index (κ3) is 4.43. The molecule has 1 amide bonds. The second-order valence-corrected chi connectivity index (χ2v) is 5.83. The average molecular weight is 231 g/mol. The summed E-state index contributed by atoms with van der Waals surface area (Å²) >= 11 is 1.73. The molecule has 1 heterocycles. The van der Waals surface area contributed by atoms with Crippen LogP contribution in [-0.2, 0) is 4.79 Å². The van der Waals surface area contributed by atoms with E-state index in [1.165, 1.54) is 0 Å². The summed E-state index contributed by atoms with van der Waals surface area (Å²) in [5.41, 5.74) is 0. The Morgan fingerprint density at radius 3 is 2.80 bits per heavy atom. The van der Waals surface area contributed by atoms with E-state index >= 15 is 0 Å². The van der Waals surface area contributed by atoms with E-state index in [-0.39, 0.29) is 23.8 Å². The third-order valence-electron chi connectivity index (χ3n) is 2.54. The summed E-state index contributed by atoms with van der Waals surface area (Å²) in [7, 11) is 0. The molecular weight excluding hydrogens is 210 g/mol. The molecule has 1 rings (SSSR count). The van der Waals surface area contributed by atoms with E-state index in [1.807, 2.05) is 0 Å². The van der Waals surface area contributed by atoms with Gasteiger partial charge in [0, 0.05) is 0 Å². The summed E-state index contributed by atoms with van der Waals surface area (Å²) in [6.07, 6.45) is 2.96. The number of hydrogen-bond acceptors (Lipinski definition) is 3. The highest BCUT2D eigenvalue weighted by atomic mass is 32.2. The van der Waals surface area contributed by atoms with Crippen LogP contribution < -0.4 is 5.32 Å². The minimum atomic E-state index is -0.0706. The summed E-state index contributed by atoms with van der Waals surface area (Å²) in [6.45, 7) is 4.24. The van der Waals surface area contributed by atoms with Gasteiger partial charge in [0.05, 0.1) is 17.9 Å². The molecule has 1 aliphatic rings. The number of aliphatic hydroxyl groups excluding tert-OH is 1. The van der Waals surface area contributed by atoms with Gasteiger partial charge in [-0.25, -0.2) is 0 Å². The Hall–Kier alpha value is -0.220. The molecule has 0 aromatic carbocycles. The van der Waals surface area contributed by atoms with Crippen molar-refractivity contribution in [2.45, 2.75) is 44.4 Å². The third-order valence-corrected chi connectivity index (χ3v) is 3.92. The lowest BCUT2D eigenvalue weighted by molar-refractivity contribution is -0.121. The summed E-state index contributed by atoms with van der Waals surface area (Å²) < 4.78 is 0. The van der Waals surface area contributed by atoms with Crippen molar-refractivity contribution in [3.63, 3.8) is 0 Å². The fourth-order valence-corrected chi connectivity index (χ4v) is 3.00. The number of nitrogens with one attached hydrogen (secondary N) is 1. The molecule has 0 saturated carbocycles. The van der Waals surface area contributed by atoms with Crippen LogP contribution in [0.3, 0.4) is 0 Å². The van der Waals surface area contributed by atoms with Crippen molar-refractivity contribution in [1.82, 2.24) is 5.32 Å². The Balaban J connectivity index is 2.33. The smallest absolute Gasteiger partial charge is 0.233 e. The molecule has 2 unspecified atom stereocenters. The topological polar surface area (TPSA) is 49.3 Å². The predicted octanol–water partition coefficient (Wildman–Crippen LogP) is 1.41. The van der Waals surface area contributed by atoms with Crippen molar-refractivity contribution in [1.29, 1.82) is 0 Å². The van der Waals surface area contributed by atoms with Crippen molar-refractivity contribution in [3.8, 4) is 0 Å². The number of carbonyl (C=O) groups is 1. The number of thioether (sulfide) groups is 1. The lowest BCUT2D eigenvalue weighted by atomic mass is 10.0. The highest BCUT2D eigenvalue weighted by Crippen LogP contribution is 2.26. The van der Waals surface area contributed by atoms with E-state index in [2.05, 4.69) is 19.2 Å². The molecule has 0 aromatic rings. The first kappa shape index (κ1) is 12.8. The van der Waals surface area contributed by atoms with Gasteiger partial charge in [0.15, 0.2) is 0 Å². The molecule has 0 aliphatic carbocycles. The minimum Gasteiger partial charge on any atom is -0.394 e. The van der Waals surface area contributed by atoms with Gasteiger partial charge in [-0.2, -0.15) is 0 Å². The number of hydrogen-bond donors (Lipinski definition) is 2. The maximum absolute atomic E-state index is 11.8. The number of rotatable bonds is 5. The van der Waals surface area contributed by atoms with Crippen LogP contribution in [0.4, 0.5) is 0 Å². The fourth-order valence-electron chi connectivity index (χ4n) is 1.83. The van der Waals surface area contributed by atoms with Gasteiger partial charge in [0.1, 0.15) is 0 Å². The molecule has 3 nitrogen and oxygen atoms in total. The van der Waals surface area contributed by atoms with Gasteiger partial charge >= 0.3 is 0 Å². The van der Waals surface area contributed by atoms with Gasteiger partial charge in [0.2, 0.25) is 5.91 Å². The molecule has 1 saturated heterocycles. The van der Waals surface area contributed by atoms with Gasteiger partial charge in [0.25, 0.3) is 0 Å². The molecule has 1 fully saturated rings. The SMILES string of the molecule is CC(C)CC(CO)NC(=O)C1CCCS1. The van der Waals surface area contributed by atoms with E-state index in [9.17, 15) is 4.79 Å². The summed E-state index contributed by atoms with van der Waals surface area (Å²) in [5, 5.41) is 12.2. The monoisotopic (exact) mass is 231 g/mol. The van der Waals surface area contributed by atoms with Crippen LogP contribution in [0.5, 0.6) is 0 Å². The quantitative estimate of drug-likeness (QED) is 0.752. The van der Waals surface area contributed by atoms with Gasteiger partial charge in [-0.15, -0.1) is 11.8 Å². The second kappa shape index (κ2) is 6.38. The van der Waals surface area contributed by atoms with E-state index < -0.39 is 0 Å². The van der Waals surface area contributed by atoms with Crippen molar-refractivity contribution < 1.29 is 9.90 Å². The zero-order chi connectivity index (χ0) is 11.3. The predicted molar refractivity (Wildman–Crippen MR) is 64.0 cm³/mol. The van der Waals surface area contributed by atoms with Crippen LogP contribution in [0.15, 0.2) is 0 Å². The van der Waals surface area contributed by atoms with E-state index in [1.54, 1.807) is 11.8 Å². The van der Waals surface area contributed by atoms with Gasteiger partial charge < -0.3 is 10.4 Å². The van der Waals surface area contributed by atoms with Crippen LogP contribution >= 0.6 is 11.8 Å². The molecule has 0 aromatic heterocycles. The zero-order valence-corrected chi connectivity index (χ0v) is 10.3. The molecule has 2 N–H and O–H groups in total. The van der Waals surface area contributed by atoms with Gasteiger partial charge in [-0.3, -0.25) is 4.79 Å². The lowest BCUT2D eigenvalue weighted by Gasteiger charge is -2.20. The van der Waals surface area contributed by atoms with Gasteiger partial charge in [-0.05, 0) is 30.9 Å². The Morgan fingerprint density at radius 2 is 2.33 bits per heavy atom. The van der Waals surface area contributed by atoms with Crippen molar-refractivity contribution >= 4 is 17.7 Å². The summed E-state index contributed by atoms with van der Waals surface area (Å²) in [5.74, 6) is 1.70. The largest absolute Gasteiger partial charge is 0.394 e. The standard InChI is InChI=1S/C11H21NO2S/c1-8(2)6-9(7-13)12-11(14)10-4-3-5-15-10/h8-10,13H,3-7H2,1-2H3,(H,12,14). The number of carbonyl (C=O) groups excluding carboxylic acids is 1. The summed E-state index contributed by atoms with van der Waals surface area (Å²) in [4.78, 5) is 11.8. The molecule has 4 heteroatoms. The number of aliphatic hydroxyl groups is 1. The highest BCUT2D eigenvalue weighted by molar-refractivity contribution is 8.00. The van der Waals surface area contributed by atoms with Crippen LogP contribution in [0, 0.1) is 5.92 Å². The lowest BCUT2D eigenvalue weighted by Crippen LogP contribution is -2.42. The van der Waals surface area contributed by atoms with Gasteiger partial charge in [-0.1, -0.05) is 13.8 Å². The Labute approximate surface area is 96.0 Å². The van der Waals surface area contributed by atoms with Crippen molar-refractivity contribution in [2.24, 2.45) is 5.92 Å². The molecule has 88 valence electrons. The van der Waals surface area contributed by atoms with Crippen LogP contribution in [0.25, 0.3) is 0 Å². The van der Waals surface area contributed by atoms with E-state index in [0.29, 0.717) is 5.92 Å². The first-order chi connectivity index (χ1) is 7.13. The Bertz CT molecular complexity index is 203. The Morgan fingerprint density at radius 1 is 1.60 bits per heavy atom. The molecule has 1 aliphatic heterocycles. The van der Waals surface area contributed by atoms with Crippen molar-refractivity contribution in [3.05, 3.63) is 0 Å². The van der Waals surface area contributed by atoms with Crippen LogP contribution in [-0.4, -0.2) is 34.7 Å². The van der Waals surface area contributed by atoms with E-state index in [0.717, 1.165) is 25.0 Å². The maximum atomic E-state index is 11.8. The number of amides is 1. The minimum absolute atomic E-state index is 0.0430. The molecule has 0 radical (unpaired) electrons. The van der Waals surface area contributed by atoms with E-state index in [4.69, 9.17) is 5.11 Å². The highest BCUT2D eigenvalue weighted by Gasteiger charge is 2.25. The van der Waals surface area contributed by atoms with Crippen LogP contribution in [0.1, 0.15) is 33.1 Å². The second-order valence-electron chi connectivity index (χ2n) is 4.52. The van der Waals surface area contributed by atoms with Crippen LogP contribution in [0.2, 0.25) is 0 Å². The molecule has 2 atom stereocenters.